The summed E-state index contributed by atoms with van der Waals surface area (Å²) in [5.41, 5.74) is 1.74. The molecule has 4 heterocycles. The van der Waals surface area contributed by atoms with E-state index in [0.29, 0.717) is 59.2 Å². The molecule has 0 saturated heterocycles. The molecule has 0 N–H and O–H groups in total. The number of carbonyl (C=O) groups excluding carboxylic acids is 1. The predicted molar refractivity (Wildman–Crippen MR) is 147 cm³/mol. The zero-order valence-corrected chi connectivity index (χ0v) is 23.0. The smallest absolute Gasteiger partial charge is 0.338 e. The van der Waals surface area contributed by atoms with E-state index in [2.05, 4.69) is 4.99 Å². The Morgan fingerprint density at radius 1 is 1.18 bits per heavy atom. The summed E-state index contributed by atoms with van der Waals surface area (Å²) >= 11 is 13.7. The molecule has 0 unspecified atom stereocenters. The van der Waals surface area contributed by atoms with Crippen molar-refractivity contribution >= 4 is 46.6 Å². The maximum atomic E-state index is 13.8. The molecule has 0 amide bonds. The number of thiazole rings is 1. The molecule has 0 saturated carbocycles. The van der Waals surface area contributed by atoms with Crippen molar-refractivity contribution in [2.75, 3.05) is 13.4 Å². The van der Waals surface area contributed by atoms with Crippen molar-refractivity contribution in [2.24, 2.45) is 4.99 Å². The van der Waals surface area contributed by atoms with Crippen LogP contribution in [0.1, 0.15) is 31.2 Å². The standard InChI is InChI=1S/C28H20Cl2N2O6S/c1-3-35-27(34)23-14(2)31-28-32(25(23)15-7-9-20-21(11-15)37-13-36-20)26(33)22(39-28)12-16-8-10-19(38-16)17-5-4-6-18(29)24(17)30/h4-12,25H,3,13H2,1-2H3/t25-/m1/s1. The highest BCUT2D eigenvalue weighted by Gasteiger charge is 2.34. The molecule has 6 rings (SSSR count). The van der Waals surface area contributed by atoms with Gasteiger partial charge >= 0.3 is 5.97 Å². The quantitative estimate of drug-likeness (QED) is 0.304. The van der Waals surface area contributed by atoms with E-state index in [1.54, 1.807) is 68.5 Å². The molecule has 2 aromatic heterocycles. The number of esters is 1. The lowest BCUT2D eigenvalue weighted by Crippen LogP contribution is -2.39. The molecular formula is C28H20Cl2N2O6S. The van der Waals surface area contributed by atoms with Gasteiger partial charge in [0.2, 0.25) is 6.79 Å². The van der Waals surface area contributed by atoms with Crippen LogP contribution in [0.4, 0.5) is 0 Å². The number of benzene rings is 2. The summed E-state index contributed by atoms with van der Waals surface area (Å²) in [7, 11) is 0. The van der Waals surface area contributed by atoms with Crippen LogP contribution in [0.3, 0.4) is 0 Å². The average molecular weight is 583 g/mol. The van der Waals surface area contributed by atoms with Gasteiger partial charge in [0.15, 0.2) is 16.3 Å². The van der Waals surface area contributed by atoms with Crippen molar-refractivity contribution < 1.29 is 23.4 Å². The molecular weight excluding hydrogens is 563 g/mol. The Morgan fingerprint density at radius 3 is 2.82 bits per heavy atom. The lowest BCUT2D eigenvalue weighted by molar-refractivity contribution is -0.139. The van der Waals surface area contributed by atoms with Crippen LogP contribution in [0.15, 0.2) is 74.0 Å². The first-order valence-corrected chi connectivity index (χ1v) is 13.6. The van der Waals surface area contributed by atoms with Crippen molar-refractivity contribution in [3.05, 3.63) is 101 Å². The molecule has 0 spiro atoms. The molecule has 0 aliphatic carbocycles. The molecule has 8 nitrogen and oxygen atoms in total. The van der Waals surface area contributed by atoms with E-state index in [1.807, 2.05) is 0 Å². The molecule has 11 heteroatoms. The fourth-order valence-electron chi connectivity index (χ4n) is 4.59. The lowest BCUT2D eigenvalue weighted by Gasteiger charge is -2.24. The number of fused-ring (bicyclic) bond motifs is 2. The van der Waals surface area contributed by atoms with Crippen LogP contribution in [0.2, 0.25) is 10.0 Å². The molecule has 4 aromatic rings. The van der Waals surface area contributed by atoms with Gasteiger partial charge in [0, 0.05) is 11.6 Å². The Labute approximate surface area is 236 Å². The Hall–Kier alpha value is -3.79. The number of nitrogens with zero attached hydrogens (tertiary/aromatic N) is 2. The summed E-state index contributed by atoms with van der Waals surface area (Å²) in [6.07, 6.45) is 1.64. The highest BCUT2D eigenvalue weighted by Crippen LogP contribution is 2.38. The van der Waals surface area contributed by atoms with Crippen LogP contribution < -0.4 is 24.4 Å². The van der Waals surface area contributed by atoms with Crippen molar-refractivity contribution in [3.8, 4) is 22.8 Å². The molecule has 0 radical (unpaired) electrons. The van der Waals surface area contributed by atoms with Gasteiger partial charge in [-0.05, 0) is 55.8 Å². The van der Waals surface area contributed by atoms with E-state index in [1.165, 1.54) is 15.9 Å². The lowest BCUT2D eigenvalue weighted by atomic mass is 9.95. The number of aromatic nitrogens is 1. The summed E-state index contributed by atoms with van der Waals surface area (Å²) in [6.45, 7) is 3.75. The van der Waals surface area contributed by atoms with Gasteiger partial charge in [-0.25, -0.2) is 9.79 Å². The van der Waals surface area contributed by atoms with Gasteiger partial charge in [-0.15, -0.1) is 0 Å². The van der Waals surface area contributed by atoms with Crippen LogP contribution >= 0.6 is 34.5 Å². The second-order valence-electron chi connectivity index (χ2n) is 8.72. The molecule has 0 fully saturated rings. The van der Waals surface area contributed by atoms with Crippen LogP contribution in [-0.4, -0.2) is 23.9 Å². The van der Waals surface area contributed by atoms with Gasteiger partial charge in [0.25, 0.3) is 5.56 Å². The van der Waals surface area contributed by atoms with Crippen molar-refractivity contribution in [1.29, 1.82) is 0 Å². The third kappa shape index (κ3) is 4.46. The molecule has 1 atom stereocenters. The number of hydrogen-bond acceptors (Lipinski definition) is 8. The van der Waals surface area contributed by atoms with Crippen molar-refractivity contribution in [3.63, 3.8) is 0 Å². The van der Waals surface area contributed by atoms with Gasteiger partial charge in [0.1, 0.15) is 11.5 Å². The largest absolute Gasteiger partial charge is 0.463 e. The van der Waals surface area contributed by atoms with Gasteiger partial charge in [-0.2, -0.15) is 0 Å². The summed E-state index contributed by atoms with van der Waals surface area (Å²) in [5, 5.41) is 0.793. The number of rotatable bonds is 5. The maximum absolute atomic E-state index is 13.8. The van der Waals surface area contributed by atoms with Gasteiger partial charge in [-0.1, -0.05) is 46.7 Å². The van der Waals surface area contributed by atoms with Gasteiger partial charge in [-0.3, -0.25) is 9.36 Å². The van der Waals surface area contributed by atoms with Crippen LogP contribution in [0, 0.1) is 0 Å². The summed E-state index contributed by atoms with van der Waals surface area (Å²) in [6, 6.07) is 13.4. The van der Waals surface area contributed by atoms with E-state index >= 15 is 0 Å². The van der Waals surface area contributed by atoms with E-state index in [0.717, 1.165) is 0 Å². The second kappa shape index (κ2) is 10.1. The Kier molecular flexibility index (Phi) is 6.58. The van der Waals surface area contributed by atoms with Crippen molar-refractivity contribution in [2.45, 2.75) is 19.9 Å². The Balaban J connectivity index is 1.48. The Bertz CT molecular complexity index is 1850. The predicted octanol–water partition coefficient (Wildman–Crippen LogP) is 5.09. The van der Waals surface area contributed by atoms with Crippen LogP contribution in [0.25, 0.3) is 17.4 Å². The topological polar surface area (TPSA) is 92.3 Å². The zero-order valence-electron chi connectivity index (χ0n) is 20.7. The first-order chi connectivity index (χ1) is 18.9. The van der Waals surface area contributed by atoms with Crippen LogP contribution in [0.5, 0.6) is 11.5 Å². The SMILES string of the molecule is CCOC(=O)C1=C(C)N=c2sc(=Cc3ccc(-c4cccc(Cl)c4Cl)o3)c(=O)n2[C@@H]1c1ccc2c(c1)OCO2. The molecule has 0 bridgehead atoms. The molecule has 39 heavy (non-hydrogen) atoms. The minimum Gasteiger partial charge on any atom is -0.463 e. The Morgan fingerprint density at radius 2 is 2.00 bits per heavy atom. The first kappa shape index (κ1) is 25.5. The van der Waals surface area contributed by atoms with Crippen LogP contribution in [-0.2, 0) is 9.53 Å². The van der Waals surface area contributed by atoms with Gasteiger partial charge in [0.05, 0.1) is 38.5 Å². The molecule has 198 valence electrons. The zero-order chi connectivity index (χ0) is 27.3. The summed E-state index contributed by atoms with van der Waals surface area (Å²) in [4.78, 5) is 31.9. The highest BCUT2D eigenvalue weighted by atomic mass is 35.5. The molecule has 2 aliphatic rings. The highest BCUT2D eigenvalue weighted by molar-refractivity contribution is 7.07. The number of carbonyl (C=O) groups is 1. The van der Waals surface area contributed by atoms with Crippen molar-refractivity contribution in [1.82, 2.24) is 4.57 Å². The molecule has 2 aromatic carbocycles. The van der Waals surface area contributed by atoms with E-state index < -0.39 is 12.0 Å². The number of hydrogen-bond donors (Lipinski definition) is 0. The van der Waals surface area contributed by atoms with E-state index in [-0.39, 0.29) is 24.5 Å². The average Bonchev–Trinajstić information content (AvgIpc) is 3.64. The monoisotopic (exact) mass is 582 g/mol. The second-order valence-corrected chi connectivity index (χ2v) is 10.5. The number of halogens is 2. The summed E-state index contributed by atoms with van der Waals surface area (Å²) < 4.78 is 24.2. The summed E-state index contributed by atoms with van der Waals surface area (Å²) in [5.74, 6) is 1.56. The fraction of sp³-hybridized carbons (Fsp3) is 0.179. The minimum atomic E-state index is -0.769. The number of furan rings is 1. The third-order valence-corrected chi connectivity index (χ3v) is 8.15. The van der Waals surface area contributed by atoms with E-state index in [4.69, 9.17) is 41.8 Å². The number of allylic oxidation sites excluding steroid dienone is 1. The van der Waals surface area contributed by atoms with Gasteiger partial charge < -0.3 is 18.6 Å². The fourth-order valence-corrected chi connectivity index (χ4v) is 6.01. The van der Waals surface area contributed by atoms with E-state index in [9.17, 15) is 9.59 Å². The first-order valence-electron chi connectivity index (χ1n) is 12.0. The maximum Gasteiger partial charge on any atom is 0.338 e. The minimum absolute atomic E-state index is 0.104. The third-order valence-electron chi connectivity index (χ3n) is 6.35. The normalized spacial score (nSPS) is 16.3. The molecule has 2 aliphatic heterocycles. The number of ether oxygens (including phenoxy) is 3.